The number of benzene rings is 1. The smallest absolute Gasteiger partial charge is 0.248 e. The highest BCUT2D eigenvalue weighted by atomic mass is 16.1. The zero-order chi connectivity index (χ0) is 18.1. The maximum Gasteiger partial charge on any atom is 0.248 e. The molecular weight excluding hydrogens is 314 g/mol. The molecule has 0 saturated carbocycles. The van der Waals surface area contributed by atoms with Crippen LogP contribution in [-0.4, -0.2) is 40.2 Å². The van der Waals surface area contributed by atoms with Gasteiger partial charge in [0.15, 0.2) is 0 Å². The Morgan fingerprint density at radius 1 is 1.36 bits per heavy atom. The maximum atomic E-state index is 12.0. The maximum absolute atomic E-state index is 12.0. The summed E-state index contributed by atoms with van der Waals surface area (Å²) in [5, 5.41) is 16.1. The van der Waals surface area contributed by atoms with E-state index in [0.717, 1.165) is 31.7 Å². The first kappa shape index (κ1) is 18.4. The van der Waals surface area contributed by atoms with E-state index in [2.05, 4.69) is 35.2 Å². The van der Waals surface area contributed by atoms with Crippen LogP contribution in [0.5, 0.6) is 0 Å². The lowest BCUT2D eigenvalue weighted by atomic mass is 10.1. The van der Waals surface area contributed by atoms with E-state index in [1.807, 2.05) is 16.9 Å². The summed E-state index contributed by atoms with van der Waals surface area (Å²) in [5.41, 5.74) is 1.91. The molecule has 0 fully saturated rings. The highest BCUT2D eigenvalue weighted by Gasteiger charge is 2.04. The molecule has 0 aliphatic rings. The third kappa shape index (κ3) is 5.59. The molecule has 130 valence electrons. The van der Waals surface area contributed by atoms with Gasteiger partial charge in [0.05, 0.1) is 30.1 Å². The molecule has 0 bridgehead atoms. The Morgan fingerprint density at radius 3 is 2.84 bits per heavy atom. The van der Waals surface area contributed by atoms with Crippen LogP contribution in [0.1, 0.15) is 25.0 Å². The van der Waals surface area contributed by atoms with Gasteiger partial charge in [0.1, 0.15) is 0 Å². The molecule has 0 saturated heterocycles. The Kier molecular flexibility index (Phi) is 6.93. The highest BCUT2D eigenvalue weighted by molar-refractivity contribution is 6.01. The van der Waals surface area contributed by atoms with Gasteiger partial charge in [-0.2, -0.15) is 10.4 Å². The fraction of sp³-hybridized carbons (Fsp3) is 0.316. The summed E-state index contributed by atoms with van der Waals surface area (Å²) in [6.07, 6.45) is 6.51. The summed E-state index contributed by atoms with van der Waals surface area (Å²) in [5.74, 6) is -0.254. The SMILES string of the molecule is CCN(CC)CCn1cc(NC(=O)/C=C/c2ccccc2C#N)cn1. The van der Waals surface area contributed by atoms with Crippen LogP contribution >= 0.6 is 0 Å². The number of anilines is 1. The summed E-state index contributed by atoms with van der Waals surface area (Å²) in [6.45, 7) is 7.99. The number of hydrogen-bond donors (Lipinski definition) is 1. The summed E-state index contributed by atoms with van der Waals surface area (Å²) < 4.78 is 1.82. The van der Waals surface area contributed by atoms with Crippen LogP contribution in [-0.2, 0) is 11.3 Å². The summed E-state index contributed by atoms with van der Waals surface area (Å²) >= 11 is 0. The molecule has 2 rings (SSSR count). The Morgan fingerprint density at radius 2 is 2.12 bits per heavy atom. The van der Waals surface area contributed by atoms with E-state index in [4.69, 9.17) is 5.26 Å². The third-order valence-electron chi connectivity index (χ3n) is 3.94. The van der Waals surface area contributed by atoms with Gasteiger partial charge in [-0.05, 0) is 30.8 Å². The number of nitrogens with one attached hydrogen (secondary N) is 1. The van der Waals surface area contributed by atoms with Gasteiger partial charge in [-0.3, -0.25) is 9.48 Å². The van der Waals surface area contributed by atoms with E-state index in [-0.39, 0.29) is 5.91 Å². The number of hydrogen-bond acceptors (Lipinski definition) is 4. The Labute approximate surface area is 148 Å². The Balaban J connectivity index is 1.91. The largest absolute Gasteiger partial charge is 0.320 e. The number of nitriles is 1. The van der Waals surface area contributed by atoms with Crippen LogP contribution in [0.4, 0.5) is 5.69 Å². The molecule has 6 heteroatoms. The number of carbonyl (C=O) groups is 1. The molecule has 1 heterocycles. The van der Waals surface area contributed by atoms with Crippen LogP contribution in [0.2, 0.25) is 0 Å². The van der Waals surface area contributed by atoms with Gasteiger partial charge in [-0.15, -0.1) is 0 Å². The molecule has 1 N–H and O–H groups in total. The fourth-order valence-corrected chi connectivity index (χ4v) is 2.43. The molecule has 0 aliphatic heterocycles. The number of amides is 1. The molecule has 6 nitrogen and oxygen atoms in total. The van der Waals surface area contributed by atoms with E-state index < -0.39 is 0 Å². The molecular formula is C19H23N5O. The van der Waals surface area contributed by atoms with Crippen molar-refractivity contribution in [2.24, 2.45) is 0 Å². The predicted octanol–water partition coefficient (Wildman–Crippen LogP) is 2.75. The van der Waals surface area contributed by atoms with Gasteiger partial charge >= 0.3 is 0 Å². The predicted molar refractivity (Wildman–Crippen MR) is 98.8 cm³/mol. The van der Waals surface area contributed by atoms with Gasteiger partial charge in [0.25, 0.3) is 0 Å². The minimum atomic E-state index is -0.254. The summed E-state index contributed by atoms with van der Waals surface area (Å²) in [6, 6.07) is 9.25. The molecule has 1 amide bonds. The van der Waals surface area contributed by atoms with E-state index in [9.17, 15) is 4.79 Å². The van der Waals surface area contributed by atoms with Crippen molar-refractivity contribution >= 4 is 17.7 Å². The van der Waals surface area contributed by atoms with Crippen molar-refractivity contribution in [3.8, 4) is 6.07 Å². The first-order valence-corrected chi connectivity index (χ1v) is 8.39. The summed E-state index contributed by atoms with van der Waals surface area (Å²) in [4.78, 5) is 14.3. The van der Waals surface area contributed by atoms with Crippen LogP contribution in [0.15, 0.2) is 42.7 Å². The van der Waals surface area contributed by atoms with Crippen molar-refractivity contribution in [1.82, 2.24) is 14.7 Å². The number of nitrogens with zero attached hydrogens (tertiary/aromatic N) is 4. The van der Waals surface area contributed by atoms with Crippen molar-refractivity contribution in [3.05, 3.63) is 53.9 Å². The topological polar surface area (TPSA) is 73.9 Å². The number of carbonyl (C=O) groups excluding carboxylic acids is 1. The van der Waals surface area contributed by atoms with Gasteiger partial charge in [-0.1, -0.05) is 32.0 Å². The van der Waals surface area contributed by atoms with Crippen LogP contribution < -0.4 is 5.32 Å². The van der Waals surface area contributed by atoms with Crippen LogP contribution in [0, 0.1) is 11.3 Å². The summed E-state index contributed by atoms with van der Waals surface area (Å²) in [7, 11) is 0. The second-order valence-corrected chi connectivity index (χ2v) is 5.54. The van der Waals surface area contributed by atoms with E-state index in [0.29, 0.717) is 11.3 Å². The lowest BCUT2D eigenvalue weighted by molar-refractivity contribution is -0.111. The average Bonchev–Trinajstić information content (AvgIpc) is 3.08. The quantitative estimate of drug-likeness (QED) is 0.752. The second-order valence-electron chi connectivity index (χ2n) is 5.54. The molecule has 0 aliphatic carbocycles. The van der Waals surface area contributed by atoms with Crippen molar-refractivity contribution in [1.29, 1.82) is 5.26 Å². The van der Waals surface area contributed by atoms with Crippen molar-refractivity contribution in [3.63, 3.8) is 0 Å². The second kappa shape index (κ2) is 9.40. The minimum Gasteiger partial charge on any atom is -0.320 e. The normalized spacial score (nSPS) is 11.0. The molecule has 0 atom stereocenters. The number of rotatable bonds is 8. The van der Waals surface area contributed by atoms with Crippen LogP contribution in [0.3, 0.4) is 0 Å². The standard InChI is InChI=1S/C19H23N5O/c1-3-23(4-2)11-12-24-15-18(14-21-24)22-19(25)10-9-16-7-5-6-8-17(16)13-20/h5-10,14-15H,3-4,11-12H2,1-2H3,(H,22,25)/b10-9+. The molecule has 1 aromatic heterocycles. The number of likely N-dealkylation sites (N-methyl/N-ethyl adjacent to an activating group) is 1. The van der Waals surface area contributed by atoms with Gasteiger partial charge in [0, 0.05) is 18.8 Å². The molecule has 2 aromatic rings. The lowest BCUT2D eigenvalue weighted by Crippen LogP contribution is -2.27. The molecule has 0 radical (unpaired) electrons. The van der Waals surface area contributed by atoms with Gasteiger partial charge in [0.2, 0.25) is 5.91 Å². The molecule has 0 unspecified atom stereocenters. The van der Waals surface area contributed by atoms with Crippen molar-refractivity contribution in [2.75, 3.05) is 25.0 Å². The lowest BCUT2D eigenvalue weighted by Gasteiger charge is -2.17. The van der Waals surface area contributed by atoms with Gasteiger partial charge < -0.3 is 10.2 Å². The zero-order valence-electron chi connectivity index (χ0n) is 14.6. The molecule has 0 spiro atoms. The molecule has 25 heavy (non-hydrogen) atoms. The first-order valence-electron chi connectivity index (χ1n) is 8.39. The Bertz CT molecular complexity index is 768. The fourth-order valence-electron chi connectivity index (χ4n) is 2.43. The minimum absolute atomic E-state index is 0.254. The highest BCUT2D eigenvalue weighted by Crippen LogP contribution is 2.10. The Hall–Kier alpha value is -2.91. The van der Waals surface area contributed by atoms with Crippen LogP contribution in [0.25, 0.3) is 6.08 Å². The zero-order valence-corrected chi connectivity index (χ0v) is 14.6. The van der Waals surface area contributed by atoms with Crippen molar-refractivity contribution in [2.45, 2.75) is 20.4 Å². The number of aromatic nitrogens is 2. The molecule has 1 aromatic carbocycles. The van der Waals surface area contributed by atoms with E-state index in [1.165, 1.54) is 6.08 Å². The van der Waals surface area contributed by atoms with Gasteiger partial charge in [-0.25, -0.2) is 0 Å². The monoisotopic (exact) mass is 337 g/mol. The average molecular weight is 337 g/mol. The van der Waals surface area contributed by atoms with E-state index in [1.54, 1.807) is 30.5 Å². The third-order valence-corrected chi connectivity index (χ3v) is 3.94. The van der Waals surface area contributed by atoms with Crippen molar-refractivity contribution < 1.29 is 4.79 Å². The first-order chi connectivity index (χ1) is 12.2. The van der Waals surface area contributed by atoms with E-state index >= 15 is 0 Å².